The van der Waals surface area contributed by atoms with Gasteiger partial charge in [-0.1, -0.05) is 0 Å². The van der Waals surface area contributed by atoms with Crippen molar-refractivity contribution in [2.24, 2.45) is 0 Å². The summed E-state index contributed by atoms with van der Waals surface area (Å²) in [4.78, 5) is 25.3. The predicted molar refractivity (Wildman–Crippen MR) is 77.1 cm³/mol. The van der Waals surface area contributed by atoms with Crippen molar-refractivity contribution in [2.75, 3.05) is 19.6 Å². The van der Waals surface area contributed by atoms with E-state index in [1.54, 1.807) is 6.92 Å². The highest BCUT2D eigenvalue weighted by Crippen LogP contribution is 2.19. The molecule has 0 atom stereocenters. The van der Waals surface area contributed by atoms with Crippen molar-refractivity contribution in [3.8, 4) is 5.69 Å². The Kier molecular flexibility index (Phi) is 3.81. The van der Waals surface area contributed by atoms with Crippen LogP contribution in [0.3, 0.4) is 0 Å². The van der Waals surface area contributed by atoms with Gasteiger partial charge in [0.2, 0.25) is 5.91 Å². The van der Waals surface area contributed by atoms with Gasteiger partial charge in [0.1, 0.15) is 11.5 Å². The lowest BCUT2D eigenvalue weighted by Crippen LogP contribution is -2.50. The van der Waals surface area contributed by atoms with E-state index < -0.39 is 11.6 Å². The molecule has 3 rings (SSSR count). The molecule has 0 saturated carbocycles. The summed E-state index contributed by atoms with van der Waals surface area (Å²) in [5, 5.41) is 6.66. The van der Waals surface area contributed by atoms with Crippen LogP contribution in [0, 0.1) is 18.6 Å². The Morgan fingerprint density at radius 1 is 1.35 bits per heavy atom. The first-order chi connectivity index (χ1) is 11.0. The molecule has 1 aliphatic heterocycles. The molecule has 0 bridgehead atoms. The Hall–Kier alpha value is -2.77. The van der Waals surface area contributed by atoms with Gasteiger partial charge in [-0.15, -0.1) is 0 Å². The largest absolute Gasteiger partial charge is 0.353 e. The molecular formula is C15H14F2N4O2. The molecule has 2 amide bonds. The van der Waals surface area contributed by atoms with Gasteiger partial charge in [-0.3, -0.25) is 9.59 Å². The van der Waals surface area contributed by atoms with Gasteiger partial charge in [0.05, 0.1) is 24.0 Å². The molecular weight excluding hydrogens is 306 g/mol. The van der Waals surface area contributed by atoms with Gasteiger partial charge in [0.25, 0.3) is 5.91 Å². The van der Waals surface area contributed by atoms with Crippen molar-refractivity contribution in [1.82, 2.24) is 20.0 Å². The number of nitrogens with zero attached hydrogens (tertiary/aromatic N) is 3. The summed E-state index contributed by atoms with van der Waals surface area (Å²) in [7, 11) is 0. The van der Waals surface area contributed by atoms with Crippen LogP contribution in [0.2, 0.25) is 0 Å². The third-order valence-electron chi connectivity index (χ3n) is 3.70. The summed E-state index contributed by atoms with van der Waals surface area (Å²) >= 11 is 0. The quantitative estimate of drug-likeness (QED) is 0.899. The lowest BCUT2D eigenvalue weighted by Gasteiger charge is -2.26. The summed E-state index contributed by atoms with van der Waals surface area (Å²) in [5.74, 6) is -2.02. The molecule has 1 N–H and O–H groups in total. The molecule has 0 spiro atoms. The van der Waals surface area contributed by atoms with Gasteiger partial charge in [0, 0.05) is 19.2 Å². The maximum absolute atomic E-state index is 13.9. The number of carbonyl (C=O) groups excluding carboxylic acids is 2. The van der Waals surface area contributed by atoms with E-state index in [9.17, 15) is 18.4 Å². The summed E-state index contributed by atoms with van der Waals surface area (Å²) in [6.45, 7) is 2.39. The van der Waals surface area contributed by atoms with Gasteiger partial charge in [-0.05, 0) is 19.1 Å². The second-order valence-electron chi connectivity index (χ2n) is 5.23. The van der Waals surface area contributed by atoms with Crippen LogP contribution in [-0.2, 0) is 4.79 Å². The smallest absolute Gasteiger partial charge is 0.257 e. The second-order valence-corrected chi connectivity index (χ2v) is 5.23. The van der Waals surface area contributed by atoms with Crippen LogP contribution in [0.25, 0.3) is 5.69 Å². The molecule has 2 aromatic rings. The first-order valence-electron chi connectivity index (χ1n) is 7.03. The molecule has 6 nitrogen and oxygen atoms in total. The number of hydrogen-bond donors (Lipinski definition) is 1. The monoisotopic (exact) mass is 320 g/mol. The standard InChI is InChI=1S/C15H14F2N4O2/c1-9-11(15(23)20-5-4-18-14(22)8-20)7-19-21(9)13-3-2-10(16)6-12(13)17/h2-3,6-7H,4-5,8H2,1H3,(H,18,22). The van der Waals surface area contributed by atoms with E-state index >= 15 is 0 Å². The minimum atomic E-state index is -0.771. The van der Waals surface area contributed by atoms with Crippen LogP contribution < -0.4 is 5.32 Å². The van der Waals surface area contributed by atoms with Gasteiger partial charge < -0.3 is 10.2 Å². The average Bonchev–Trinajstić information content (AvgIpc) is 2.88. The average molecular weight is 320 g/mol. The van der Waals surface area contributed by atoms with E-state index in [4.69, 9.17) is 0 Å². The highest BCUT2D eigenvalue weighted by atomic mass is 19.1. The minimum Gasteiger partial charge on any atom is -0.353 e. The number of aromatic nitrogens is 2. The van der Waals surface area contributed by atoms with Crippen LogP contribution in [-0.4, -0.2) is 46.1 Å². The lowest BCUT2D eigenvalue weighted by molar-refractivity contribution is -0.123. The van der Waals surface area contributed by atoms with Crippen molar-refractivity contribution >= 4 is 11.8 Å². The molecule has 0 radical (unpaired) electrons. The zero-order valence-corrected chi connectivity index (χ0v) is 12.3. The van der Waals surface area contributed by atoms with E-state index in [2.05, 4.69) is 10.4 Å². The molecule has 23 heavy (non-hydrogen) atoms. The number of carbonyl (C=O) groups is 2. The van der Waals surface area contributed by atoms with E-state index in [0.717, 1.165) is 12.1 Å². The molecule has 1 aliphatic rings. The Morgan fingerprint density at radius 3 is 2.83 bits per heavy atom. The highest BCUT2D eigenvalue weighted by Gasteiger charge is 2.25. The second kappa shape index (κ2) is 5.79. The predicted octanol–water partition coefficient (Wildman–Crippen LogP) is 1.03. The number of rotatable bonds is 2. The van der Waals surface area contributed by atoms with Gasteiger partial charge in [-0.25, -0.2) is 13.5 Å². The van der Waals surface area contributed by atoms with Crippen molar-refractivity contribution in [2.45, 2.75) is 6.92 Å². The van der Waals surface area contributed by atoms with Gasteiger partial charge in [0.15, 0.2) is 5.82 Å². The SMILES string of the molecule is Cc1c(C(=O)N2CCNC(=O)C2)cnn1-c1ccc(F)cc1F. The van der Waals surface area contributed by atoms with Crippen LogP contribution in [0.1, 0.15) is 16.1 Å². The van der Waals surface area contributed by atoms with E-state index in [0.29, 0.717) is 18.8 Å². The minimum absolute atomic E-state index is 0.0195. The van der Waals surface area contributed by atoms with Crippen LogP contribution in [0.15, 0.2) is 24.4 Å². The van der Waals surface area contributed by atoms with Crippen molar-refractivity contribution in [3.63, 3.8) is 0 Å². The summed E-state index contributed by atoms with van der Waals surface area (Å²) in [6, 6.07) is 3.14. The lowest BCUT2D eigenvalue weighted by atomic mass is 10.2. The van der Waals surface area contributed by atoms with Crippen LogP contribution in [0.4, 0.5) is 8.78 Å². The topological polar surface area (TPSA) is 67.2 Å². The number of benzene rings is 1. The van der Waals surface area contributed by atoms with Crippen molar-refractivity contribution in [1.29, 1.82) is 0 Å². The van der Waals surface area contributed by atoms with Crippen LogP contribution in [0.5, 0.6) is 0 Å². The molecule has 120 valence electrons. The van der Waals surface area contributed by atoms with E-state index in [1.807, 2.05) is 0 Å². The first-order valence-corrected chi connectivity index (χ1v) is 7.03. The third kappa shape index (κ3) is 2.79. The summed E-state index contributed by atoms with van der Waals surface area (Å²) in [5.41, 5.74) is 0.759. The summed E-state index contributed by atoms with van der Waals surface area (Å²) < 4.78 is 28.1. The third-order valence-corrected chi connectivity index (χ3v) is 3.70. The summed E-state index contributed by atoms with van der Waals surface area (Å²) in [6.07, 6.45) is 1.33. The molecule has 8 heteroatoms. The number of hydrogen-bond acceptors (Lipinski definition) is 3. The fraction of sp³-hybridized carbons (Fsp3) is 0.267. The molecule has 0 aliphatic carbocycles. The molecule has 1 saturated heterocycles. The zero-order valence-electron chi connectivity index (χ0n) is 12.3. The molecule has 2 heterocycles. The van der Waals surface area contributed by atoms with Crippen molar-refractivity contribution < 1.29 is 18.4 Å². The van der Waals surface area contributed by atoms with Crippen molar-refractivity contribution in [3.05, 3.63) is 47.3 Å². The Bertz CT molecular complexity index is 788. The number of piperazine rings is 1. The molecule has 1 aromatic heterocycles. The highest BCUT2D eigenvalue weighted by molar-refractivity contribution is 5.97. The number of amides is 2. The Morgan fingerprint density at radius 2 is 2.13 bits per heavy atom. The van der Waals surface area contributed by atoms with Crippen LogP contribution >= 0.6 is 0 Å². The van der Waals surface area contributed by atoms with Gasteiger partial charge >= 0.3 is 0 Å². The zero-order chi connectivity index (χ0) is 16.6. The Balaban J connectivity index is 1.92. The number of nitrogens with one attached hydrogen (secondary N) is 1. The maximum atomic E-state index is 13.9. The Labute approximate surface area is 130 Å². The number of halogens is 2. The molecule has 0 unspecified atom stereocenters. The fourth-order valence-corrected chi connectivity index (χ4v) is 2.50. The molecule has 1 aromatic carbocycles. The van der Waals surface area contributed by atoms with Gasteiger partial charge in [-0.2, -0.15) is 5.10 Å². The van der Waals surface area contributed by atoms with E-state index in [-0.39, 0.29) is 29.6 Å². The first kappa shape index (κ1) is 15.1. The fourth-order valence-electron chi connectivity index (χ4n) is 2.50. The molecule has 1 fully saturated rings. The maximum Gasteiger partial charge on any atom is 0.257 e. The van der Waals surface area contributed by atoms with E-state index in [1.165, 1.54) is 21.8 Å². The normalized spacial score (nSPS) is 14.7.